The Morgan fingerprint density at radius 2 is 2.12 bits per heavy atom. The van der Waals surface area contributed by atoms with E-state index in [0.29, 0.717) is 6.07 Å². The number of benzene rings is 1. The zero-order chi connectivity index (χ0) is 12.3. The lowest BCUT2D eigenvalue weighted by atomic mass is 10.2. The van der Waals surface area contributed by atoms with Crippen LogP contribution in [0.2, 0.25) is 0 Å². The van der Waals surface area contributed by atoms with Crippen LogP contribution in [-0.2, 0) is 0 Å². The zero-order valence-corrected chi connectivity index (χ0v) is 9.08. The number of carbonyl (C=O) groups is 1. The highest BCUT2D eigenvalue weighted by Gasteiger charge is 2.17. The number of likely N-dealkylation sites (N-methyl/N-ethyl adjacent to an activating group) is 1. The van der Waals surface area contributed by atoms with Crippen LogP contribution in [0.1, 0.15) is 17.3 Å². The monoisotopic (exact) mass is 229 g/mol. The van der Waals surface area contributed by atoms with Crippen LogP contribution >= 0.6 is 0 Å². The van der Waals surface area contributed by atoms with Gasteiger partial charge in [0.05, 0.1) is 11.7 Å². The third-order valence-electron chi connectivity index (χ3n) is 2.05. The summed E-state index contributed by atoms with van der Waals surface area (Å²) in [5, 5.41) is 9.08. The molecule has 0 bridgehead atoms. The van der Waals surface area contributed by atoms with Crippen molar-refractivity contribution in [2.45, 2.75) is 13.0 Å². The van der Waals surface area contributed by atoms with Crippen LogP contribution in [0.25, 0.3) is 0 Å². The Kier molecular flexibility index (Phi) is 3.95. The first kappa shape index (κ1) is 12.6. The van der Waals surface area contributed by atoms with E-state index in [1.165, 1.54) is 18.9 Å². The highest BCUT2D eigenvalue weighted by atomic mass is 19.1. The lowest BCUT2D eigenvalue weighted by Crippen LogP contribution is -2.33. The number of aliphatic hydroxyl groups excluding tert-OH is 1. The normalized spacial score (nSPS) is 12.3. The SMILES string of the molecule is CC(O)CN(C)C(=O)c1ccc(F)cc1F. The molecule has 16 heavy (non-hydrogen) atoms. The van der Waals surface area contributed by atoms with E-state index in [2.05, 4.69) is 0 Å². The molecule has 0 aliphatic heterocycles. The van der Waals surface area contributed by atoms with E-state index in [9.17, 15) is 13.6 Å². The molecule has 1 amide bonds. The molecule has 0 spiro atoms. The van der Waals surface area contributed by atoms with Crippen molar-refractivity contribution >= 4 is 5.91 Å². The fourth-order valence-corrected chi connectivity index (χ4v) is 1.35. The zero-order valence-electron chi connectivity index (χ0n) is 9.08. The molecular weight excluding hydrogens is 216 g/mol. The minimum Gasteiger partial charge on any atom is -0.392 e. The van der Waals surface area contributed by atoms with Gasteiger partial charge in [0.1, 0.15) is 11.6 Å². The van der Waals surface area contributed by atoms with Crippen molar-refractivity contribution in [2.24, 2.45) is 0 Å². The molecule has 1 aromatic rings. The molecule has 0 aromatic heterocycles. The van der Waals surface area contributed by atoms with Crippen LogP contribution in [-0.4, -0.2) is 35.6 Å². The van der Waals surface area contributed by atoms with Gasteiger partial charge in [-0.3, -0.25) is 4.79 Å². The summed E-state index contributed by atoms with van der Waals surface area (Å²) in [4.78, 5) is 12.8. The van der Waals surface area contributed by atoms with E-state index >= 15 is 0 Å². The van der Waals surface area contributed by atoms with Crippen LogP contribution in [0.15, 0.2) is 18.2 Å². The Bertz CT molecular complexity index is 394. The predicted molar refractivity (Wildman–Crippen MR) is 55.0 cm³/mol. The standard InChI is InChI=1S/C11H13F2NO2/c1-7(15)6-14(2)11(16)9-4-3-8(12)5-10(9)13/h3-5,7,15H,6H2,1-2H3. The van der Waals surface area contributed by atoms with E-state index in [4.69, 9.17) is 5.11 Å². The topological polar surface area (TPSA) is 40.5 Å². The van der Waals surface area contributed by atoms with E-state index in [1.807, 2.05) is 0 Å². The second-order valence-corrected chi connectivity index (χ2v) is 3.66. The van der Waals surface area contributed by atoms with Crippen molar-refractivity contribution in [3.63, 3.8) is 0 Å². The van der Waals surface area contributed by atoms with Gasteiger partial charge in [0.2, 0.25) is 0 Å². The second kappa shape index (κ2) is 5.03. The summed E-state index contributed by atoms with van der Waals surface area (Å²) in [6, 6.07) is 2.77. The quantitative estimate of drug-likeness (QED) is 0.851. The summed E-state index contributed by atoms with van der Waals surface area (Å²) < 4.78 is 25.9. The van der Waals surface area contributed by atoms with Crippen molar-refractivity contribution in [2.75, 3.05) is 13.6 Å². The molecule has 0 radical (unpaired) electrons. The summed E-state index contributed by atoms with van der Waals surface area (Å²) in [5.74, 6) is -2.21. The van der Waals surface area contributed by atoms with Crippen molar-refractivity contribution in [1.29, 1.82) is 0 Å². The Morgan fingerprint density at radius 1 is 1.50 bits per heavy atom. The number of halogens is 2. The summed E-state index contributed by atoms with van der Waals surface area (Å²) in [5.41, 5.74) is -0.204. The largest absolute Gasteiger partial charge is 0.392 e. The number of rotatable bonds is 3. The van der Waals surface area contributed by atoms with Gasteiger partial charge >= 0.3 is 0 Å². The minimum atomic E-state index is -0.901. The van der Waals surface area contributed by atoms with Crippen LogP contribution in [0.5, 0.6) is 0 Å². The van der Waals surface area contributed by atoms with E-state index < -0.39 is 23.6 Å². The molecule has 0 saturated carbocycles. The highest BCUT2D eigenvalue weighted by molar-refractivity contribution is 5.94. The molecule has 1 aromatic carbocycles. The Morgan fingerprint density at radius 3 is 2.62 bits per heavy atom. The number of aliphatic hydroxyl groups is 1. The van der Waals surface area contributed by atoms with Gasteiger partial charge < -0.3 is 10.0 Å². The van der Waals surface area contributed by atoms with E-state index in [-0.39, 0.29) is 12.1 Å². The molecule has 1 N–H and O–H groups in total. The molecule has 1 unspecified atom stereocenters. The predicted octanol–water partition coefficient (Wildman–Crippen LogP) is 1.42. The van der Waals surface area contributed by atoms with Gasteiger partial charge in [-0.15, -0.1) is 0 Å². The second-order valence-electron chi connectivity index (χ2n) is 3.66. The Labute approximate surface area is 92.3 Å². The molecular formula is C11H13F2NO2. The molecule has 0 saturated heterocycles. The molecule has 0 fully saturated rings. The maximum absolute atomic E-state index is 13.2. The molecule has 0 heterocycles. The Balaban J connectivity index is 2.88. The first-order valence-electron chi connectivity index (χ1n) is 4.80. The van der Waals surface area contributed by atoms with Crippen molar-refractivity contribution in [3.8, 4) is 0 Å². The van der Waals surface area contributed by atoms with Crippen LogP contribution in [0.4, 0.5) is 8.78 Å². The fourth-order valence-electron chi connectivity index (χ4n) is 1.35. The number of hydrogen-bond donors (Lipinski definition) is 1. The molecule has 0 aliphatic rings. The Hall–Kier alpha value is -1.49. The average Bonchev–Trinajstić information content (AvgIpc) is 2.15. The van der Waals surface area contributed by atoms with Gasteiger partial charge in [-0.2, -0.15) is 0 Å². The number of hydrogen-bond acceptors (Lipinski definition) is 2. The molecule has 1 atom stereocenters. The maximum Gasteiger partial charge on any atom is 0.256 e. The van der Waals surface area contributed by atoms with Crippen LogP contribution < -0.4 is 0 Å². The number of amides is 1. The maximum atomic E-state index is 13.2. The van der Waals surface area contributed by atoms with Crippen molar-refractivity contribution < 1.29 is 18.7 Å². The molecule has 88 valence electrons. The van der Waals surface area contributed by atoms with Crippen LogP contribution in [0.3, 0.4) is 0 Å². The molecule has 0 aliphatic carbocycles. The molecule has 1 rings (SSSR count). The summed E-state index contributed by atoms with van der Waals surface area (Å²) >= 11 is 0. The van der Waals surface area contributed by atoms with Crippen LogP contribution in [0, 0.1) is 11.6 Å². The summed E-state index contributed by atoms with van der Waals surface area (Å²) in [6.07, 6.45) is -0.697. The van der Waals surface area contributed by atoms with Gasteiger partial charge in [-0.25, -0.2) is 8.78 Å². The average molecular weight is 229 g/mol. The van der Waals surface area contributed by atoms with E-state index in [0.717, 1.165) is 12.1 Å². The third kappa shape index (κ3) is 3.00. The van der Waals surface area contributed by atoms with Crippen molar-refractivity contribution in [1.82, 2.24) is 4.90 Å². The third-order valence-corrected chi connectivity index (χ3v) is 2.05. The lowest BCUT2D eigenvalue weighted by Gasteiger charge is -2.18. The van der Waals surface area contributed by atoms with Gasteiger partial charge in [-0.1, -0.05) is 0 Å². The van der Waals surface area contributed by atoms with Gasteiger partial charge in [0.15, 0.2) is 0 Å². The smallest absolute Gasteiger partial charge is 0.256 e. The first-order chi connectivity index (χ1) is 7.41. The summed E-state index contributed by atoms with van der Waals surface area (Å²) in [6.45, 7) is 1.61. The first-order valence-corrected chi connectivity index (χ1v) is 4.80. The van der Waals surface area contributed by atoms with Gasteiger partial charge in [0.25, 0.3) is 5.91 Å². The van der Waals surface area contributed by atoms with Gasteiger partial charge in [0, 0.05) is 19.7 Å². The highest BCUT2D eigenvalue weighted by Crippen LogP contribution is 2.11. The number of carbonyl (C=O) groups excluding carboxylic acids is 1. The minimum absolute atomic E-state index is 0.0929. The molecule has 3 nitrogen and oxygen atoms in total. The van der Waals surface area contributed by atoms with E-state index in [1.54, 1.807) is 0 Å². The van der Waals surface area contributed by atoms with Gasteiger partial charge in [-0.05, 0) is 19.1 Å². The van der Waals surface area contributed by atoms with Crippen molar-refractivity contribution in [3.05, 3.63) is 35.4 Å². The lowest BCUT2D eigenvalue weighted by molar-refractivity contribution is 0.0699. The number of nitrogens with zero attached hydrogens (tertiary/aromatic N) is 1. The summed E-state index contributed by atoms with van der Waals surface area (Å²) in [7, 11) is 1.44. The molecule has 5 heteroatoms. The fraction of sp³-hybridized carbons (Fsp3) is 0.364.